The molecule has 0 aliphatic rings. The zero-order valence-corrected chi connectivity index (χ0v) is 25.8. The van der Waals surface area contributed by atoms with E-state index in [9.17, 15) is 10.5 Å². The number of hydrogen-bond donors (Lipinski definition) is 0. The molecule has 0 aliphatic heterocycles. The van der Waals surface area contributed by atoms with Gasteiger partial charge in [0.15, 0.2) is 0 Å². The van der Waals surface area contributed by atoms with Gasteiger partial charge in [-0.05, 0) is 77.4 Å². The van der Waals surface area contributed by atoms with Crippen LogP contribution in [-0.2, 0) is 0 Å². The molecule has 0 amide bonds. The molecule has 0 atom stereocenters. The van der Waals surface area contributed by atoms with Crippen molar-refractivity contribution in [2.24, 2.45) is 0 Å². The van der Waals surface area contributed by atoms with Crippen LogP contribution < -0.4 is 0 Å². The van der Waals surface area contributed by atoms with Crippen molar-refractivity contribution < 1.29 is 0 Å². The van der Waals surface area contributed by atoms with Crippen molar-refractivity contribution >= 4 is 43.6 Å². The molecule has 9 rings (SSSR count). The summed E-state index contributed by atoms with van der Waals surface area (Å²) in [4.78, 5) is 0. The average molecular weight is 611 g/mol. The molecule has 0 unspecified atom stereocenters. The number of fused-ring (bicyclic) bond motifs is 6. The van der Waals surface area contributed by atoms with Crippen molar-refractivity contribution in [1.82, 2.24) is 9.13 Å². The normalized spacial score (nSPS) is 11.3. The first kappa shape index (κ1) is 27.4. The summed E-state index contributed by atoms with van der Waals surface area (Å²) in [5.41, 5.74) is 11.0. The second-order valence-electron chi connectivity index (χ2n) is 12.0. The maximum Gasteiger partial charge on any atom is 0.101 e. The molecule has 0 radical (unpaired) electrons. The van der Waals surface area contributed by atoms with Gasteiger partial charge in [0.1, 0.15) is 6.07 Å². The van der Waals surface area contributed by atoms with E-state index in [1.807, 2.05) is 48.5 Å². The van der Waals surface area contributed by atoms with Gasteiger partial charge in [-0.1, -0.05) is 97.1 Å². The fourth-order valence-corrected chi connectivity index (χ4v) is 7.31. The highest BCUT2D eigenvalue weighted by Crippen LogP contribution is 2.40. The predicted molar refractivity (Wildman–Crippen MR) is 195 cm³/mol. The van der Waals surface area contributed by atoms with Crippen LogP contribution in [0.2, 0.25) is 0 Å². The maximum atomic E-state index is 10.4. The summed E-state index contributed by atoms with van der Waals surface area (Å²) in [6, 6.07) is 58.8. The van der Waals surface area contributed by atoms with Gasteiger partial charge in [-0.15, -0.1) is 0 Å². The molecule has 0 aliphatic carbocycles. The molecule has 0 spiro atoms. The van der Waals surface area contributed by atoms with Gasteiger partial charge in [0.05, 0.1) is 45.0 Å². The Hall–Kier alpha value is -6.88. The molecule has 0 saturated heterocycles. The van der Waals surface area contributed by atoms with Crippen LogP contribution in [0.25, 0.3) is 77.2 Å². The molecule has 222 valence electrons. The zero-order valence-electron chi connectivity index (χ0n) is 25.8. The molecule has 0 N–H and O–H groups in total. The third-order valence-electron chi connectivity index (χ3n) is 9.35. The highest BCUT2D eigenvalue weighted by atomic mass is 15.0. The molecular formula is C44H26N4. The van der Waals surface area contributed by atoms with Crippen LogP contribution in [0.1, 0.15) is 11.1 Å². The molecule has 2 heterocycles. The van der Waals surface area contributed by atoms with Gasteiger partial charge in [0.25, 0.3) is 0 Å². The minimum atomic E-state index is 0.556. The lowest BCUT2D eigenvalue weighted by Crippen LogP contribution is -2.01. The van der Waals surface area contributed by atoms with E-state index in [4.69, 9.17) is 0 Å². The zero-order chi connectivity index (χ0) is 32.2. The smallest absolute Gasteiger partial charge is 0.101 e. The highest BCUT2D eigenvalue weighted by molar-refractivity contribution is 6.10. The highest BCUT2D eigenvalue weighted by Gasteiger charge is 2.20. The Morgan fingerprint density at radius 2 is 0.917 bits per heavy atom. The van der Waals surface area contributed by atoms with E-state index in [1.54, 1.807) is 0 Å². The first-order valence-corrected chi connectivity index (χ1v) is 15.9. The Morgan fingerprint density at radius 1 is 0.396 bits per heavy atom. The van der Waals surface area contributed by atoms with Crippen molar-refractivity contribution in [3.63, 3.8) is 0 Å². The molecule has 48 heavy (non-hydrogen) atoms. The first-order valence-electron chi connectivity index (χ1n) is 15.9. The number of hydrogen-bond acceptors (Lipinski definition) is 2. The largest absolute Gasteiger partial charge is 0.309 e. The SMILES string of the molecule is N#Cc1cc(-c2cccc(-n3c4ccccc4c4ccccc43)c2)cc(-c2cccc(C#N)c2-n2c3ccccc3c3ccccc32)c1. The van der Waals surface area contributed by atoms with E-state index in [2.05, 4.69) is 130 Å². The van der Waals surface area contributed by atoms with Crippen LogP contribution in [0.15, 0.2) is 158 Å². The third-order valence-corrected chi connectivity index (χ3v) is 9.35. The van der Waals surface area contributed by atoms with Gasteiger partial charge >= 0.3 is 0 Å². The Labute approximate surface area is 277 Å². The maximum absolute atomic E-state index is 10.4. The second-order valence-corrected chi connectivity index (χ2v) is 12.0. The number of benzene rings is 7. The van der Waals surface area contributed by atoms with Crippen LogP contribution in [-0.4, -0.2) is 9.13 Å². The second kappa shape index (κ2) is 10.9. The van der Waals surface area contributed by atoms with Gasteiger partial charge < -0.3 is 9.13 Å². The summed E-state index contributed by atoms with van der Waals surface area (Å²) >= 11 is 0. The molecule has 0 fully saturated rings. The van der Waals surface area contributed by atoms with Gasteiger partial charge in [0, 0.05) is 32.8 Å². The van der Waals surface area contributed by atoms with E-state index < -0.39 is 0 Å². The van der Waals surface area contributed by atoms with Crippen LogP contribution in [0.4, 0.5) is 0 Å². The van der Waals surface area contributed by atoms with Gasteiger partial charge in [-0.25, -0.2) is 0 Å². The van der Waals surface area contributed by atoms with Crippen molar-refractivity contribution in [2.75, 3.05) is 0 Å². The van der Waals surface area contributed by atoms with Crippen LogP contribution in [0.5, 0.6) is 0 Å². The van der Waals surface area contributed by atoms with Crippen LogP contribution in [0.3, 0.4) is 0 Å². The van der Waals surface area contributed by atoms with Crippen LogP contribution in [0, 0.1) is 22.7 Å². The van der Waals surface area contributed by atoms with Gasteiger partial charge in [-0.3, -0.25) is 0 Å². The van der Waals surface area contributed by atoms with Gasteiger partial charge in [0.2, 0.25) is 0 Å². The summed E-state index contributed by atoms with van der Waals surface area (Å²) in [5.74, 6) is 0. The minimum absolute atomic E-state index is 0.556. The Bertz CT molecular complexity index is 2710. The molecular weight excluding hydrogens is 585 g/mol. The Balaban J connectivity index is 1.27. The van der Waals surface area contributed by atoms with Crippen molar-refractivity contribution in [3.8, 4) is 45.8 Å². The third kappa shape index (κ3) is 4.14. The minimum Gasteiger partial charge on any atom is -0.309 e. The summed E-state index contributed by atoms with van der Waals surface area (Å²) < 4.78 is 4.50. The van der Waals surface area contributed by atoms with E-state index in [-0.39, 0.29) is 0 Å². The topological polar surface area (TPSA) is 57.4 Å². The molecule has 4 nitrogen and oxygen atoms in total. The molecule has 4 heteroatoms. The summed E-state index contributed by atoms with van der Waals surface area (Å²) in [6.45, 7) is 0. The summed E-state index contributed by atoms with van der Waals surface area (Å²) in [7, 11) is 0. The standard InChI is InChI=1S/C44H26N4/c45-27-29-23-32(30-11-9-13-34(26-30)47-40-19-5-1-14-36(40)37-15-2-6-20-41(37)47)25-33(24-29)35-18-10-12-31(28-46)44(35)48-42-21-7-3-16-38(42)39-17-4-8-22-43(39)48/h1-26H. The van der Waals surface area contributed by atoms with Crippen molar-refractivity contribution in [3.05, 3.63) is 169 Å². The van der Waals surface area contributed by atoms with E-state index in [0.29, 0.717) is 11.1 Å². The molecule has 9 aromatic rings. The number of para-hydroxylation sites is 5. The van der Waals surface area contributed by atoms with Crippen molar-refractivity contribution in [2.45, 2.75) is 0 Å². The number of rotatable bonds is 4. The quantitative estimate of drug-likeness (QED) is 0.199. The lowest BCUT2D eigenvalue weighted by atomic mass is 9.94. The van der Waals surface area contributed by atoms with Gasteiger partial charge in [-0.2, -0.15) is 10.5 Å². The average Bonchev–Trinajstić information content (AvgIpc) is 3.67. The number of aromatic nitrogens is 2. The number of nitrogens with zero attached hydrogens (tertiary/aromatic N) is 4. The first-order chi connectivity index (χ1) is 23.7. The molecule has 0 saturated carbocycles. The number of nitriles is 2. The lowest BCUT2D eigenvalue weighted by molar-refractivity contribution is 1.17. The molecule has 2 aromatic heterocycles. The Morgan fingerprint density at radius 3 is 1.48 bits per heavy atom. The summed E-state index contributed by atoms with van der Waals surface area (Å²) in [6.07, 6.45) is 0. The van der Waals surface area contributed by atoms with E-state index >= 15 is 0 Å². The fraction of sp³-hybridized carbons (Fsp3) is 0. The predicted octanol–water partition coefficient (Wildman–Crippen LogP) is 11.0. The van der Waals surface area contributed by atoms with E-state index in [1.165, 1.54) is 10.8 Å². The van der Waals surface area contributed by atoms with E-state index in [0.717, 1.165) is 66.5 Å². The molecule has 0 bridgehead atoms. The van der Waals surface area contributed by atoms with Crippen molar-refractivity contribution in [1.29, 1.82) is 10.5 Å². The lowest BCUT2D eigenvalue weighted by Gasteiger charge is -2.17. The molecule has 7 aromatic carbocycles. The van der Waals surface area contributed by atoms with Crippen LogP contribution >= 0.6 is 0 Å². The Kier molecular flexibility index (Phi) is 6.22. The fourth-order valence-electron chi connectivity index (χ4n) is 7.31. The summed E-state index contributed by atoms with van der Waals surface area (Å²) in [5, 5.41) is 25.3. The monoisotopic (exact) mass is 610 g/mol.